The number of nitrogens with two attached hydrogens (primary N) is 1. The second kappa shape index (κ2) is 3.34. The van der Waals surface area contributed by atoms with Gasteiger partial charge in [-0.1, -0.05) is 37.1 Å². The van der Waals surface area contributed by atoms with E-state index in [1.165, 1.54) is 49.7 Å². The predicted molar refractivity (Wildman–Crippen MR) is 62.6 cm³/mol. The van der Waals surface area contributed by atoms with Crippen LogP contribution in [0.25, 0.3) is 0 Å². The summed E-state index contributed by atoms with van der Waals surface area (Å²) in [6, 6.07) is 8.80. The number of fused-ring (bicyclic) bond motifs is 3. The van der Waals surface area contributed by atoms with Gasteiger partial charge in [0.1, 0.15) is 0 Å². The van der Waals surface area contributed by atoms with Crippen molar-refractivity contribution in [3.05, 3.63) is 35.4 Å². The highest BCUT2D eigenvalue weighted by Gasteiger charge is 2.41. The van der Waals surface area contributed by atoms with Gasteiger partial charge in [0.05, 0.1) is 0 Å². The summed E-state index contributed by atoms with van der Waals surface area (Å²) < 4.78 is 0. The SMILES string of the molecule is N[C@]12CCCC[C@H]1CCc1ccccc12. The summed E-state index contributed by atoms with van der Waals surface area (Å²) >= 11 is 0. The molecular weight excluding hydrogens is 182 g/mol. The molecule has 1 fully saturated rings. The van der Waals surface area contributed by atoms with E-state index < -0.39 is 0 Å². The minimum Gasteiger partial charge on any atom is -0.321 e. The Morgan fingerprint density at radius 1 is 1.13 bits per heavy atom. The third-order valence-corrected chi connectivity index (χ3v) is 4.40. The minimum absolute atomic E-state index is 0.00704. The molecule has 80 valence electrons. The van der Waals surface area contributed by atoms with Crippen LogP contribution in [0.1, 0.15) is 43.2 Å². The zero-order chi connectivity index (χ0) is 10.3. The fourth-order valence-corrected chi connectivity index (χ4v) is 3.55. The highest BCUT2D eigenvalue weighted by Crippen LogP contribution is 2.46. The standard InChI is InChI=1S/C14H19N/c15-14-10-4-3-6-12(14)9-8-11-5-1-2-7-13(11)14/h1-2,5,7,12H,3-4,6,8-10,15H2/t12-,14+/m0/s1. The van der Waals surface area contributed by atoms with E-state index in [0.717, 1.165) is 5.92 Å². The van der Waals surface area contributed by atoms with Gasteiger partial charge in [-0.05, 0) is 42.7 Å². The van der Waals surface area contributed by atoms with Gasteiger partial charge in [-0.15, -0.1) is 0 Å². The second-order valence-corrected chi connectivity index (χ2v) is 5.18. The van der Waals surface area contributed by atoms with Crippen molar-refractivity contribution in [3.8, 4) is 0 Å². The second-order valence-electron chi connectivity index (χ2n) is 5.18. The van der Waals surface area contributed by atoms with E-state index in [9.17, 15) is 0 Å². The fraction of sp³-hybridized carbons (Fsp3) is 0.571. The quantitative estimate of drug-likeness (QED) is 0.686. The molecule has 0 unspecified atom stereocenters. The van der Waals surface area contributed by atoms with Crippen LogP contribution in [0.15, 0.2) is 24.3 Å². The van der Waals surface area contributed by atoms with Crippen LogP contribution < -0.4 is 5.73 Å². The molecule has 0 aromatic heterocycles. The summed E-state index contributed by atoms with van der Waals surface area (Å²) in [5.74, 6) is 0.737. The number of benzene rings is 1. The highest BCUT2D eigenvalue weighted by molar-refractivity contribution is 5.37. The van der Waals surface area contributed by atoms with Crippen LogP contribution in [0.3, 0.4) is 0 Å². The van der Waals surface area contributed by atoms with E-state index in [1.54, 1.807) is 0 Å². The highest BCUT2D eigenvalue weighted by atomic mass is 14.8. The van der Waals surface area contributed by atoms with Crippen LogP contribution in [0.4, 0.5) is 0 Å². The molecule has 0 amide bonds. The van der Waals surface area contributed by atoms with Crippen molar-refractivity contribution in [2.75, 3.05) is 0 Å². The fourth-order valence-electron chi connectivity index (χ4n) is 3.55. The summed E-state index contributed by atoms with van der Waals surface area (Å²) in [4.78, 5) is 0. The Balaban J connectivity index is 2.09. The zero-order valence-electron chi connectivity index (χ0n) is 9.21. The van der Waals surface area contributed by atoms with Gasteiger partial charge in [0, 0.05) is 5.54 Å². The van der Waals surface area contributed by atoms with Gasteiger partial charge < -0.3 is 5.73 Å². The van der Waals surface area contributed by atoms with Crippen LogP contribution in [0.2, 0.25) is 0 Å². The lowest BCUT2D eigenvalue weighted by Crippen LogP contribution is -2.49. The molecule has 0 bridgehead atoms. The van der Waals surface area contributed by atoms with Crippen molar-refractivity contribution in [1.82, 2.24) is 0 Å². The molecule has 0 heterocycles. The maximum Gasteiger partial charge on any atom is 0.0441 e. The molecule has 1 saturated carbocycles. The van der Waals surface area contributed by atoms with Crippen LogP contribution in [-0.4, -0.2) is 0 Å². The molecule has 3 rings (SSSR count). The summed E-state index contributed by atoms with van der Waals surface area (Å²) in [6.45, 7) is 0. The number of aryl methyl sites for hydroxylation is 1. The van der Waals surface area contributed by atoms with Gasteiger partial charge in [-0.2, -0.15) is 0 Å². The van der Waals surface area contributed by atoms with Crippen LogP contribution in [0, 0.1) is 5.92 Å². The van der Waals surface area contributed by atoms with E-state index in [4.69, 9.17) is 5.73 Å². The average molecular weight is 201 g/mol. The third-order valence-electron chi connectivity index (χ3n) is 4.40. The molecule has 2 atom stereocenters. The smallest absolute Gasteiger partial charge is 0.0441 e. The molecule has 0 saturated heterocycles. The third kappa shape index (κ3) is 1.33. The van der Waals surface area contributed by atoms with Crippen LogP contribution in [-0.2, 0) is 12.0 Å². The Kier molecular flexibility index (Phi) is 2.10. The summed E-state index contributed by atoms with van der Waals surface area (Å²) in [7, 11) is 0. The maximum absolute atomic E-state index is 6.68. The Morgan fingerprint density at radius 3 is 2.93 bits per heavy atom. The monoisotopic (exact) mass is 201 g/mol. The number of hydrogen-bond acceptors (Lipinski definition) is 1. The lowest BCUT2D eigenvalue weighted by Gasteiger charge is -2.46. The van der Waals surface area contributed by atoms with E-state index in [2.05, 4.69) is 24.3 Å². The van der Waals surface area contributed by atoms with E-state index in [-0.39, 0.29) is 5.54 Å². The van der Waals surface area contributed by atoms with Crippen molar-refractivity contribution in [3.63, 3.8) is 0 Å². The van der Waals surface area contributed by atoms with E-state index in [1.807, 2.05) is 0 Å². The van der Waals surface area contributed by atoms with Gasteiger partial charge in [-0.25, -0.2) is 0 Å². The molecule has 1 aromatic rings. The van der Waals surface area contributed by atoms with Crippen molar-refractivity contribution in [2.45, 2.75) is 44.1 Å². The largest absolute Gasteiger partial charge is 0.321 e. The first-order valence-electron chi connectivity index (χ1n) is 6.18. The molecule has 15 heavy (non-hydrogen) atoms. The molecule has 1 heteroatoms. The number of rotatable bonds is 0. The van der Waals surface area contributed by atoms with Crippen molar-refractivity contribution < 1.29 is 0 Å². The van der Waals surface area contributed by atoms with Crippen molar-refractivity contribution in [2.24, 2.45) is 11.7 Å². The minimum atomic E-state index is 0.00704. The van der Waals surface area contributed by atoms with Gasteiger partial charge in [0.25, 0.3) is 0 Å². The summed E-state index contributed by atoms with van der Waals surface area (Å²) in [5, 5.41) is 0. The molecule has 0 radical (unpaired) electrons. The molecular formula is C14H19N. The topological polar surface area (TPSA) is 26.0 Å². The molecule has 2 N–H and O–H groups in total. The Bertz CT molecular complexity index is 371. The average Bonchev–Trinajstić information content (AvgIpc) is 2.29. The molecule has 1 aromatic carbocycles. The van der Waals surface area contributed by atoms with Gasteiger partial charge in [0.15, 0.2) is 0 Å². The zero-order valence-corrected chi connectivity index (χ0v) is 9.21. The van der Waals surface area contributed by atoms with E-state index in [0.29, 0.717) is 0 Å². The van der Waals surface area contributed by atoms with Crippen molar-refractivity contribution >= 4 is 0 Å². The Morgan fingerprint density at radius 2 is 2.00 bits per heavy atom. The maximum atomic E-state index is 6.68. The first-order chi connectivity index (χ1) is 7.31. The predicted octanol–water partition coefficient (Wildman–Crippen LogP) is 2.98. The van der Waals surface area contributed by atoms with Crippen molar-refractivity contribution in [1.29, 1.82) is 0 Å². The Hall–Kier alpha value is -0.820. The summed E-state index contributed by atoms with van der Waals surface area (Å²) in [6.07, 6.45) is 7.75. The normalized spacial score (nSPS) is 34.3. The molecule has 2 aliphatic carbocycles. The lowest BCUT2D eigenvalue weighted by atomic mass is 9.63. The summed E-state index contributed by atoms with van der Waals surface area (Å²) in [5.41, 5.74) is 9.63. The first-order valence-corrected chi connectivity index (χ1v) is 6.18. The van der Waals surface area contributed by atoms with Crippen LogP contribution >= 0.6 is 0 Å². The van der Waals surface area contributed by atoms with Crippen LogP contribution in [0.5, 0.6) is 0 Å². The van der Waals surface area contributed by atoms with Gasteiger partial charge >= 0.3 is 0 Å². The lowest BCUT2D eigenvalue weighted by molar-refractivity contribution is 0.165. The Labute approximate surface area is 91.7 Å². The van der Waals surface area contributed by atoms with Gasteiger partial charge in [0.2, 0.25) is 0 Å². The molecule has 0 aliphatic heterocycles. The molecule has 0 spiro atoms. The van der Waals surface area contributed by atoms with E-state index >= 15 is 0 Å². The van der Waals surface area contributed by atoms with Gasteiger partial charge in [-0.3, -0.25) is 0 Å². The number of hydrogen-bond donors (Lipinski definition) is 1. The first kappa shape index (κ1) is 9.41. The molecule has 2 aliphatic rings. The molecule has 1 nitrogen and oxygen atoms in total.